The number of sulfonamides is 1. The lowest BCUT2D eigenvalue weighted by Gasteiger charge is -2.16. The normalized spacial score (nSPS) is 10.9. The molecular formula is C10H9FN4O2S. The van der Waals surface area contributed by atoms with Gasteiger partial charge in [-0.1, -0.05) is 0 Å². The third-order valence-electron chi connectivity index (χ3n) is 2.03. The highest BCUT2D eigenvalue weighted by Gasteiger charge is 2.24. The molecule has 0 aromatic heterocycles. The van der Waals surface area contributed by atoms with Crippen molar-refractivity contribution in [2.45, 2.75) is 4.90 Å². The molecule has 18 heavy (non-hydrogen) atoms. The maximum Gasteiger partial charge on any atom is 0.245 e. The molecule has 1 aromatic carbocycles. The molecule has 1 aromatic rings. The van der Waals surface area contributed by atoms with Gasteiger partial charge in [-0.15, -0.1) is 0 Å². The van der Waals surface area contributed by atoms with Gasteiger partial charge >= 0.3 is 0 Å². The Morgan fingerprint density at radius 2 is 1.78 bits per heavy atom. The van der Waals surface area contributed by atoms with E-state index in [0.717, 1.165) is 18.2 Å². The van der Waals surface area contributed by atoms with E-state index in [1.807, 2.05) is 0 Å². The second kappa shape index (κ2) is 5.45. The number of nitriles is 2. The Hall–Kier alpha value is -2.16. The van der Waals surface area contributed by atoms with Crippen molar-refractivity contribution in [3.8, 4) is 12.1 Å². The van der Waals surface area contributed by atoms with Crippen LogP contribution in [0.4, 0.5) is 10.1 Å². The van der Waals surface area contributed by atoms with Crippen LogP contribution in [-0.4, -0.2) is 25.8 Å². The Morgan fingerprint density at radius 1 is 1.22 bits per heavy atom. The Bertz CT molecular complexity index is 594. The molecule has 0 atom stereocenters. The molecule has 2 N–H and O–H groups in total. The highest BCUT2D eigenvalue weighted by atomic mass is 32.2. The Balaban J connectivity index is 3.27. The van der Waals surface area contributed by atoms with Crippen LogP contribution in [0.2, 0.25) is 0 Å². The van der Waals surface area contributed by atoms with Gasteiger partial charge < -0.3 is 5.73 Å². The zero-order chi connectivity index (χ0) is 13.8. The van der Waals surface area contributed by atoms with Crippen LogP contribution in [0.5, 0.6) is 0 Å². The number of nitrogens with two attached hydrogens (primary N) is 1. The van der Waals surface area contributed by atoms with E-state index in [9.17, 15) is 12.8 Å². The summed E-state index contributed by atoms with van der Waals surface area (Å²) in [5, 5.41) is 17.0. The van der Waals surface area contributed by atoms with Gasteiger partial charge in [0.15, 0.2) is 0 Å². The first-order chi connectivity index (χ1) is 8.41. The van der Waals surface area contributed by atoms with E-state index < -0.39 is 28.9 Å². The van der Waals surface area contributed by atoms with E-state index in [-0.39, 0.29) is 10.6 Å². The van der Waals surface area contributed by atoms with Gasteiger partial charge in [-0.3, -0.25) is 0 Å². The molecule has 0 radical (unpaired) electrons. The Kier molecular flexibility index (Phi) is 4.21. The minimum atomic E-state index is -4.10. The van der Waals surface area contributed by atoms with Crippen LogP contribution in [0.25, 0.3) is 0 Å². The van der Waals surface area contributed by atoms with Crippen molar-refractivity contribution in [2.75, 3.05) is 18.8 Å². The summed E-state index contributed by atoms with van der Waals surface area (Å²) in [5.41, 5.74) is 5.30. The summed E-state index contributed by atoms with van der Waals surface area (Å²) >= 11 is 0. The summed E-state index contributed by atoms with van der Waals surface area (Å²) in [6, 6.07) is 6.08. The summed E-state index contributed by atoms with van der Waals surface area (Å²) in [4.78, 5) is -0.384. The Labute approximate surface area is 104 Å². The molecule has 0 saturated carbocycles. The summed E-state index contributed by atoms with van der Waals surface area (Å²) < 4.78 is 37.8. The smallest absolute Gasteiger partial charge is 0.245 e. The lowest BCUT2D eigenvalue weighted by molar-refractivity contribution is 0.478. The molecule has 94 valence electrons. The summed E-state index contributed by atoms with van der Waals surface area (Å²) in [6.07, 6.45) is 0. The molecule has 0 unspecified atom stereocenters. The van der Waals surface area contributed by atoms with Crippen LogP contribution in [0.3, 0.4) is 0 Å². The molecule has 0 aliphatic rings. The quantitative estimate of drug-likeness (QED) is 0.629. The molecule has 0 bridgehead atoms. The molecule has 0 aliphatic carbocycles. The van der Waals surface area contributed by atoms with Gasteiger partial charge in [0.05, 0.1) is 17.0 Å². The van der Waals surface area contributed by atoms with E-state index in [0.29, 0.717) is 4.31 Å². The lowest BCUT2D eigenvalue weighted by Crippen LogP contribution is -2.32. The predicted octanol–water partition coefficient (Wildman–Crippen LogP) is 0.446. The number of rotatable bonds is 4. The van der Waals surface area contributed by atoms with Gasteiger partial charge in [-0.05, 0) is 18.2 Å². The van der Waals surface area contributed by atoms with Crippen molar-refractivity contribution < 1.29 is 12.8 Å². The fourth-order valence-electron chi connectivity index (χ4n) is 1.27. The standard InChI is InChI=1S/C10H9FN4O2S/c11-8-5-9(14)7-10(6-8)18(16,17)15(3-1-12)4-2-13/h5-7H,3-4,14H2. The maximum absolute atomic E-state index is 13.1. The average molecular weight is 268 g/mol. The minimum absolute atomic E-state index is 0.0533. The maximum atomic E-state index is 13.1. The van der Waals surface area contributed by atoms with Gasteiger partial charge in [0.25, 0.3) is 0 Å². The second-order valence-corrected chi connectivity index (χ2v) is 5.25. The SMILES string of the molecule is N#CCN(CC#N)S(=O)(=O)c1cc(N)cc(F)c1. The summed E-state index contributed by atoms with van der Waals surface area (Å²) in [7, 11) is -4.10. The molecule has 0 fully saturated rings. The van der Waals surface area contributed by atoms with Crippen LogP contribution in [0, 0.1) is 28.5 Å². The number of hydrogen-bond donors (Lipinski definition) is 1. The van der Waals surface area contributed by atoms with Crippen LogP contribution in [0.15, 0.2) is 23.1 Å². The monoisotopic (exact) mass is 268 g/mol. The van der Waals surface area contributed by atoms with Crippen molar-refractivity contribution in [1.29, 1.82) is 10.5 Å². The molecule has 0 aliphatic heterocycles. The topological polar surface area (TPSA) is 111 Å². The van der Waals surface area contributed by atoms with Gasteiger partial charge in [0.2, 0.25) is 10.0 Å². The zero-order valence-electron chi connectivity index (χ0n) is 9.17. The van der Waals surface area contributed by atoms with Crippen LogP contribution in [-0.2, 0) is 10.0 Å². The lowest BCUT2D eigenvalue weighted by atomic mass is 10.3. The number of benzene rings is 1. The first-order valence-corrected chi connectivity index (χ1v) is 6.16. The molecule has 1 rings (SSSR count). The number of anilines is 1. The van der Waals surface area contributed by atoms with Gasteiger partial charge in [-0.2, -0.15) is 14.8 Å². The summed E-state index contributed by atoms with van der Waals surface area (Å²) in [6.45, 7) is -0.987. The highest BCUT2D eigenvalue weighted by Crippen LogP contribution is 2.19. The fraction of sp³-hybridized carbons (Fsp3) is 0.200. The van der Waals surface area contributed by atoms with Crippen molar-refractivity contribution in [3.63, 3.8) is 0 Å². The molecule has 0 amide bonds. The number of nitrogens with zero attached hydrogens (tertiary/aromatic N) is 3. The molecular weight excluding hydrogens is 259 g/mol. The van der Waals surface area contributed by atoms with E-state index in [4.69, 9.17) is 16.3 Å². The molecule has 0 saturated heterocycles. The van der Waals surface area contributed by atoms with Crippen molar-refractivity contribution in [2.24, 2.45) is 0 Å². The fourth-order valence-corrected chi connectivity index (χ4v) is 2.57. The van der Waals surface area contributed by atoms with E-state index >= 15 is 0 Å². The van der Waals surface area contributed by atoms with E-state index in [1.54, 1.807) is 12.1 Å². The van der Waals surface area contributed by atoms with Crippen molar-refractivity contribution in [1.82, 2.24) is 4.31 Å². The highest BCUT2D eigenvalue weighted by molar-refractivity contribution is 7.89. The van der Waals surface area contributed by atoms with Gasteiger partial charge in [0, 0.05) is 5.69 Å². The van der Waals surface area contributed by atoms with Crippen molar-refractivity contribution in [3.05, 3.63) is 24.0 Å². The third-order valence-corrected chi connectivity index (χ3v) is 3.79. The van der Waals surface area contributed by atoms with Crippen LogP contribution < -0.4 is 5.73 Å². The minimum Gasteiger partial charge on any atom is -0.399 e. The predicted molar refractivity (Wildman–Crippen MR) is 60.8 cm³/mol. The first kappa shape index (κ1) is 13.9. The van der Waals surface area contributed by atoms with Crippen LogP contribution >= 0.6 is 0 Å². The van der Waals surface area contributed by atoms with Crippen molar-refractivity contribution >= 4 is 15.7 Å². The molecule has 0 heterocycles. The first-order valence-electron chi connectivity index (χ1n) is 4.72. The van der Waals surface area contributed by atoms with Gasteiger partial charge in [0.1, 0.15) is 18.9 Å². The number of nitrogen functional groups attached to an aromatic ring is 1. The van der Waals surface area contributed by atoms with Gasteiger partial charge in [-0.25, -0.2) is 12.8 Å². The molecule has 0 spiro atoms. The van der Waals surface area contributed by atoms with Crippen LogP contribution in [0.1, 0.15) is 0 Å². The summed E-state index contributed by atoms with van der Waals surface area (Å²) in [5.74, 6) is -0.803. The number of halogens is 1. The molecule has 8 heteroatoms. The Morgan fingerprint density at radius 3 is 2.22 bits per heavy atom. The average Bonchev–Trinajstić information content (AvgIpc) is 2.27. The molecule has 6 nitrogen and oxygen atoms in total. The number of hydrogen-bond acceptors (Lipinski definition) is 5. The van der Waals surface area contributed by atoms with E-state index in [2.05, 4.69) is 0 Å². The third kappa shape index (κ3) is 2.94. The zero-order valence-corrected chi connectivity index (χ0v) is 9.98. The largest absolute Gasteiger partial charge is 0.399 e. The second-order valence-electron chi connectivity index (χ2n) is 3.31. The van der Waals surface area contributed by atoms with E-state index in [1.165, 1.54) is 0 Å².